The molecule has 1 aliphatic heterocycles. The van der Waals surface area contributed by atoms with Gasteiger partial charge in [0.05, 0.1) is 31.4 Å². The summed E-state index contributed by atoms with van der Waals surface area (Å²) in [5, 5.41) is 11.7. The fourth-order valence-electron chi connectivity index (χ4n) is 4.93. The zero-order valence-corrected chi connectivity index (χ0v) is 24.0. The smallest absolute Gasteiger partial charge is 0.300 e. The van der Waals surface area contributed by atoms with Crippen molar-refractivity contribution in [3.63, 3.8) is 0 Å². The van der Waals surface area contributed by atoms with Crippen molar-refractivity contribution in [1.29, 1.82) is 0 Å². The van der Waals surface area contributed by atoms with E-state index in [1.165, 1.54) is 4.90 Å². The number of ketones is 1. The second-order valence-corrected chi connectivity index (χ2v) is 10.5. The first-order valence-corrected chi connectivity index (χ1v) is 13.6. The van der Waals surface area contributed by atoms with Gasteiger partial charge in [-0.2, -0.15) is 0 Å². The normalized spacial score (nSPS) is 16.8. The Kier molecular flexibility index (Phi) is 8.52. The molecule has 0 bridgehead atoms. The lowest BCUT2D eigenvalue weighted by Gasteiger charge is -2.26. The largest absolute Gasteiger partial charge is 0.507 e. The van der Waals surface area contributed by atoms with Crippen LogP contribution in [-0.2, 0) is 15.0 Å². The number of amides is 1. The summed E-state index contributed by atoms with van der Waals surface area (Å²) in [5.41, 5.74) is 2.19. The van der Waals surface area contributed by atoms with Gasteiger partial charge in [-0.3, -0.25) is 14.5 Å². The minimum absolute atomic E-state index is 0.0107. The number of carbonyl (C=O) groups excluding carboxylic acids is 2. The zero-order valence-electron chi connectivity index (χ0n) is 24.0. The summed E-state index contributed by atoms with van der Waals surface area (Å²) in [6.45, 7) is 13.3. The van der Waals surface area contributed by atoms with Crippen molar-refractivity contribution in [1.82, 2.24) is 0 Å². The highest BCUT2D eigenvalue weighted by atomic mass is 16.5. The highest BCUT2D eigenvalue weighted by Gasteiger charge is 2.47. The molecule has 1 aliphatic rings. The van der Waals surface area contributed by atoms with Crippen LogP contribution in [0.3, 0.4) is 0 Å². The molecule has 1 saturated heterocycles. The van der Waals surface area contributed by atoms with Crippen LogP contribution in [0.5, 0.6) is 17.2 Å². The molecule has 0 saturated carbocycles. The SMILES string of the molecule is CCOc1ccc(N2C(=O)C(=O)/C(=C(/O)c3ccc(OCC)c(C(C)(C)C)c3)C2c2cccc(OCC)c2)cc1. The van der Waals surface area contributed by atoms with Gasteiger partial charge in [0.2, 0.25) is 0 Å². The van der Waals surface area contributed by atoms with E-state index in [9.17, 15) is 14.7 Å². The Morgan fingerprint density at radius 2 is 1.48 bits per heavy atom. The molecule has 0 aromatic heterocycles. The minimum atomic E-state index is -0.872. The van der Waals surface area contributed by atoms with Crippen molar-refractivity contribution in [2.75, 3.05) is 24.7 Å². The minimum Gasteiger partial charge on any atom is -0.507 e. The van der Waals surface area contributed by atoms with Gasteiger partial charge in [0, 0.05) is 16.8 Å². The maximum Gasteiger partial charge on any atom is 0.300 e. The van der Waals surface area contributed by atoms with Crippen LogP contribution in [0.2, 0.25) is 0 Å². The Balaban J connectivity index is 1.92. The van der Waals surface area contributed by atoms with Crippen LogP contribution in [0.25, 0.3) is 5.76 Å². The number of Topliss-reactive ketones (excluding diaryl/α,β-unsaturated/α-hetero) is 1. The number of hydrogen-bond acceptors (Lipinski definition) is 6. The Morgan fingerprint density at radius 1 is 0.825 bits per heavy atom. The monoisotopic (exact) mass is 543 g/mol. The van der Waals surface area contributed by atoms with E-state index >= 15 is 0 Å². The predicted octanol–water partition coefficient (Wildman–Crippen LogP) is 6.81. The van der Waals surface area contributed by atoms with Gasteiger partial charge in [0.25, 0.3) is 11.7 Å². The van der Waals surface area contributed by atoms with Gasteiger partial charge in [0.15, 0.2) is 0 Å². The summed E-state index contributed by atoms with van der Waals surface area (Å²) >= 11 is 0. The summed E-state index contributed by atoms with van der Waals surface area (Å²) in [4.78, 5) is 28.6. The third-order valence-corrected chi connectivity index (χ3v) is 6.72. The predicted molar refractivity (Wildman–Crippen MR) is 156 cm³/mol. The fraction of sp³-hybridized carbons (Fsp3) is 0.333. The maximum atomic E-state index is 13.6. The van der Waals surface area contributed by atoms with Crippen molar-refractivity contribution in [2.24, 2.45) is 0 Å². The van der Waals surface area contributed by atoms with Gasteiger partial charge in [-0.05, 0) is 86.3 Å². The van der Waals surface area contributed by atoms with Gasteiger partial charge in [-0.15, -0.1) is 0 Å². The topological polar surface area (TPSA) is 85.3 Å². The average Bonchev–Trinajstić information content (AvgIpc) is 3.19. The second kappa shape index (κ2) is 11.9. The molecule has 3 aromatic carbocycles. The second-order valence-electron chi connectivity index (χ2n) is 10.5. The van der Waals surface area contributed by atoms with E-state index in [1.807, 2.05) is 45.0 Å². The Morgan fingerprint density at radius 3 is 2.10 bits per heavy atom. The summed E-state index contributed by atoms with van der Waals surface area (Å²) < 4.78 is 17.1. The van der Waals surface area contributed by atoms with E-state index in [1.54, 1.807) is 42.5 Å². The first kappa shape index (κ1) is 28.7. The summed E-state index contributed by atoms with van der Waals surface area (Å²) in [5.74, 6) is 0.244. The lowest BCUT2D eigenvalue weighted by atomic mass is 9.84. The molecule has 0 radical (unpaired) electrons. The molecule has 1 fully saturated rings. The number of ether oxygens (including phenoxy) is 3. The lowest BCUT2D eigenvalue weighted by Crippen LogP contribution is -2.29. The molecule has 1 unspecified atom stereocenters. The molecule has 3 aromatic rings. The molecule has 40 heavy (non-hydrogen) atoms. The summed E-state index contributed by atoms with van der Waals surface area (Å²) in [6.07, 6.45) is 0. The number of rotatable bonds is 9. The van der Waals surface area contributed by atoms with Crippen LogP contribution in [0.15, 0.2) is 72.3 Å². The number of carbonyl (C=O) groups is 2. The molecule has 1 N–H and O–H groups in total. The van der Waals surface area contributed by atoms with Gasteiger partial charge in [0.1, 0.15) is 23.0 Å². The number of nitrogens with zero attached hydrogens (tertiary/aromatic N) is 1. The number of hydrogen-bond donors (Lipinski definition) is 1. The van der Waals surface area contributed by atoms with Crippen molar-refractivity contribution in [3.8, 4) is 17.2 Å². The summed E-state index contributed by atoms with van der Waals surface area (Å²) in [6, 6.07) is 18.7. The first-order valence-electron chi connectivity index (χ1n) is 13.6. The third kappa shape index (κ3) is 5.69. The maximum absolute atomic E-state index is 13.6. The van der Waals surface area contributed by atoms with Gasteiger partial charge >= 0.3 is 0 Å². The first-order chi connectivity index (χ1) is 19.1. The van der Waals surface area contributed by atoms with Crippen LogP contribution in [0, 0.1) is 0 Å². The molecule has 0 aliphatic carbocycles. The quantitative estimate of drug-likeness (QED) is 0.181. The fourth-order valence-corrected chi connectivity index (χ4v) is 4.93. The molecule has 4 rings (SSSR count). The van der Waals surface area contributed by atoms with E-state index in [0.29, 0.717) is 53.9 Å². The molecule has 1 atom stereocenters. The Bertz CT molecular complexity index is 1420. The summed E-state index contributed by atoms with van der Waals surface area (Å²) in [7, 11) is 0. The third-order valence-electron chi connectivity index (χ3n) is 6.72. The molecule has 1 amide bonds. The van der Waals surface area contributed by atoms with Crippen molar-refractivity contribution >= 4 is 23.1 Å². The molecule has 1 heterocycles. The van der Waals surface area contributed by atoms with E-state index in [-0.39, 0.29) is 16.7 Å². The van der Waals surface area contributed by atoms with Crippen LogP contribution in [0.4, 0.5) is 5.69 Å². The van der Waals surface area contributed by atoms with Crippen molar-refractivity contribution in [2.45, 2.75) is 53.0 Å². The molecule has 7 nitrogen and oxygen atoms in total. The number of benzene rings is 3. The lowest BCUT2D eigenvalue weighted by molar-refractivity contribution is -0.132. The number of aliphatic hydroxyl groups is 1. The van der Waals surface area contributed by atoms with Crippen LogP contribution >= 0.6 is 0 Å². The van der Waals surface area contributed by atoms with E-state index in [4.69, 9.17) is 14.2 Å². The van der Waals surface area contributed by atoms with E-state index in [2.05, 4.69) is 20.8 Å². The number of aliphatic hydroxyl groups excluding tert-OH is 1. The van der Waals surface area contributed by atoms with Crippen molar-refractivity contribution < 1.29 is 28.9 Å². The van der Waals surface area contributed by atoms with Crippen LogP contribution < -0.4 is 19.1 Å². The Hall–Kier alpha value is -4.26. The molecule has 7 heteroatoms. The Labute approximate surface area is 236 Å². The molecular weight excluding hydrogens is 506 g/mol. The van der Waals surface area contributed by atoms with E-state index < -0.39 is 17.7 Å². The molecule has 0 spiro atoms. The van der Waals surface area contributed by atoms with Gasteiger partial charge in [-0.1, -0.05) is 32.9 Å². The van der Waals surface area contributed by atoms with Crippen LogP contribution in [-0.4, -0.2) is 36.6 Å². The van der Waals surface area contributed by atoms with Crippen LogP contribution in [0.1, 0.15) is 64.3 Å². The van der Waals surface area contributed by atoms with Crippen molar-refractivity contribution in [3.05, 3.63) is 89.0 Å². The standard InChI is InChI=1S/C33H37NO6/c1-7-38-24-16-14-23(15-17-24)34-29(21-11-10-12-25(19-21)39-8-2)28(31(36)32(34)37)30(35)22-13-18-27(40-9-3)26(20-22)33(4,5)6/h10-20,29,35H,7-9H2,1-6H3/b30-28+. The average molecular weight is 544 g/mol. The van der Waals surface area contributed by atoms with E-state index in [0.717, 1.165) is 5.56 Å². The molecule has 210 valence electrons. The molecular formula is C33H37NO6. The number of anilines is 1. The zero-order chi connectivity index (χ0) is 29.0. The van der Waals surface area contributed by atoms with Gasteiger partial charge < -0.3 is 19.3 Å². The highest BCUT2D eigenvalue weighted by Crippen LogP contribution is 2.44. The van der Waals surface area contributed by atoms with Gasteiger partial charge in [-0.25, -0.2) is 0 Å². The highest BCUT2D eigenvalue weighted by molar-refractivity contribution is 6.51.